The summed E-state index contributed by atoms with van der Waals surface area (Å²) in [5.41, 5.74) is 11.8. The van der Waals surface area contributed by atoms with Gasteiger partial charge < -0.3 is 9.13 Å². The van der Waals surface area contributed by atoms with E-state index < -0.39 is 0 Å². The molecule has 0 fully saturated rings. The van der Waals surface area contributed by atoms with Crippen molar-refractivity contribution in [2.24, 2.45) is 0 Å². The summed E-state index contributed by atoms with van der Waals surface area (Å²) < 4.78 is 4.55. The second-order valence-corrected chi connectivity index (χ2v) is 12.0. The van der Waals surface area contributed by atoms with Gasteiger partial charge in [0.1, 0.15) is 0 Å². The lowest BCUT2D eigenvalue weighted by atomic mass is 9.96. The van der Waals surface area contributed by atoms with Crippen LogP contribution < -0.4 is 0 Å². The van der Waals surface area contributed by atoms with Gasteiger partial charge in [-0.05, 0) is 83.4 Å². The number of aromatic nitrogens is 2. The van der Waals surface area contributed by atoms with Gasteiger partial charge in [0, 0.05) is 32.8 Å². The molecule has 0 spiro atoms. The lowest BCUT2D eigenvalue weighted by Gasteiger charge is -2.15. The van der Waals surface area contributed by atoms with E-state index in [0.717, 1.165) is 66.5 Å². The Kier molecular flexibility index (Phi) is 6.22. The SMILES string of the molecule is N#Cc1cc(-c2cccc(-c3ccccc3-n3c4ccccc4c4cc(C#N)ccc43)c2)cc(-n2c3ccccc3c3ccccc32)c1. The Hall–Kier alpha value is -6.88. The maximum Gasteiger partial charge on any atom is 0.0992 e. The van der Waals surface area contributed by atoms with Crippen LogP contribution in [0.25, 0.3) is 77.2 Å². The molecule has 0 saturated heterocycles. The topological polar surface area (TPSA) is 57.4 Å². The second kappa shape index (κ2) is 10.9. The summed E-state index contributed by atoms with van der Waals surface area (Å²) in [6, 6.07) is 59.0. The van der Waals surface area contributed by atoms with Crippen molar-refractivity contribution >= 4 is 43.6 Å². The molecule has 0 atom stereocenters. The molecular weight excluding hydrogens is 585 g/mol. The highest BCUT2D eigenvalue weighted by Gasteiger charge is 2.17. The molecule has 4 nitrogen and oxygen atoms in total. The molecule has 0 aliphatic carbocycles. The number of hydrogen-bond acceptors (Lipinski definition) is 2. The molecule has 0 radical (unpaired) electrons. The number of nitriles is 2. The van der Waals surface area contributed by atoms with E-state index in [1.54, 1.807) is 0 Å². The zero-order valence-electron chi connectivity index (χ0n) is 25.8. The average molecular weight is 611 g/mol. The van der Waals surface area contributed by atoms with E-state index in [2.05, 4.69) is 143 Å². The van der Waals surface area contributed by atoms with Crippen molar-refractivity contribution in [1.82, 2.24) is 9.13 Å². The molecule has 0 saturated carbocycles. The first-order valence-corrected chi connectivity index (χ1v) is 15.9. The van der Waals surface area contributed by atoms with Gasteiger partial charge in [-0.2, -0.15) is 10.5 Å². The summed E-state index contributed by atoms with van der Waals surface area (Å²) in [6.07, 6.45) is 0. The quantitative estimate of drug-likeness (QED) is 0.199. The number of hydrogen-bond donors (Lipinski definition) is 0. The van der Waals surface area contributed by atoms with Crippen molar-refractivity contribution in [2.75, 3.05) is 0 Å². The number of nitrogens with zero attached hydrogens (tertiary/aromatic N) is 4. The molecule has 4 heteroatoms. The summed E-state index contributed by atoms with van der Waals surface area (Å²) in [4.78, 5) is 0. The van der Waals surface area contributed by atoms with Crippen LogP contribution >= 0.6 is 0 Å². The van der Waals surface area contributed by atoms with Crippen LogP contribution in [0.3, 0.4) is 0 Å². The predicted molar refractivity (Wildman–Crippen MR) is 195 cm³/mol. The van der Waals surface area contributed by atoms with Crippen molar-refractivity contribution in [3.05, 3.63) is 169 Å². The summed E-state index contributed by atoms with van der Waals surface area (Å²) in [7, 11) is 0. The number of benzene rings is 7. The summed E-state index contributed by atoms with van der Waals surface area (Å²) in [5, 5.41) is 24.3. The Morgan fingerprint density at radius 1 is 0.375 bits per heavy atom. The van der Waals surface area contributed by atoms with Crippen LogP contribution in [-0.4, -0.2) is 9.13 Å². The van der Waals surface area contributed by atoms with Gasteiger partial charge in [-0.3, -0.25) is 0 Å². The van der Waals surface area contributed by atoms with Crippen LogP contribution in [0.1, 0.15) is 11.1 Å². The highest BCUT2D eigenvalue weighted by molar-refractivity contribution is 6.11. The van der Waals surface area contributed by atoms with E-state index in [9.17, 15) is 10.5 Å². The van der Waals surface area contributed by atoms with Gasteiger partial charge in [0.15, 0.2) is 0 Å². The predicted octanol–water partition coefficient (Wildman–Crippen LogP) is 11.0. The van der Waals surface area contributed by atoms with Crippen LogP contribution in [0.5, 0.6) is 0 Å². The molecule has 0 unspecified atom stereocenters. The Morgan fingerprint density at radius 3 is 1.67 bits per heavy atom. The highest BCUT2D eigenvalue weighted by Crippen LogP contribution is 2.38. The fourth-order valence-electron chi connectivity index (χ4n) is 7.25. The van der Waals surface area contributed by atoms with E-state index in [1.165, 1.54) is 10.8 Å². The maximum absolute atomic E-state index is 10.2. The fourth-order valence-corrected chi connectivity index (χ4v) is 7.25. The minimum Gasteiger partial charge on any atom is -0.309 e. The molecule has 222 valence electrons. The van der Waals surface area contributed by atoms with Crippen LogP contribution in [0, 0.1) is 22.7 Å². The minimum absolute atomic E-state index is 0.609. The number of rotatable bonds is 4. The van der Waals surface area contributed by atoms with Crippen molar-refractivity contribution in [2.45, 2.75) is 0 Å². The van der Waals surface area contributed by atoms with Gasteiger partial charge in [-0.15, -0.1) is 0 Å². The monoisotopic (exact) mass is 610 g/mol. The lowest BCUT2D eigenvalue weighted by molar-refractivity contribution is 1.18. The molecule has 2 heterocycles. The fraction of sp³-hybridized carbons (Fsp3) is 0. The molecule has 2 aromatic heterocycles. The standard InChI is InChI=1S/C44H26N4/c45-27-29-20-21-44-39(24-29)38-15-4-8-19-43(38)48(44)40-16-5-1-12-35(40)32-11-9-10-31(25-32)33-22-30(28-46)23-34(26-33)47-41-17-6-2-13-36(41)37-14-3-7-18-42(37)47/h1-26H. The van der Waals surface area contributed by atoms with Crippen molar-refractivity contribution in [3.8, 4) is 45.8 Å². The highest BCUT2D eigenvalue weighted by atomic mass is 15.0. The molecule has 48 heavy (non-hydrogen) atoms. The van der Waals surface area contributed by atoms with E-state index in [4.69, 9.17) is 0 Å². The molecule has 9 aromatic rings. The number of para-hydroxylation sites is 4. The van der Waals surface area contributed by atoms with Gasteiger partial charge in [-0.1, -0.05) is 91.0 Å². The summed E-state index contributed by atoms with van der Waals surface area (Å²) in [6.45, 7) is 0. The van der Waals surface area contributed by atoms with Gasteiger partial charge in [0.05, 0.1) is 51.0 Å². The Labute approximate surface area is 277 Å². The molecule has 0 aliphatic heterocycles. The zero-order valence-corrected chi connectivity index (χ0v) is 25.8. The van der Waals surface area contributed by atoms with Gasteiger partial charge in [0.2, 0.25) is 0 Å². The van der Waals surface area contributed by atoms with Gasteiger partial charge in [0.25, 0.3) is 0 Å². The number of fused-ring (bicyclic) bond motifs is 6. The van der Waals surface area contributed by atoms with Crippen LogP contribution in [0.2, 0.25) is 0 Å². The normalized spacial score (nSPS) is 11.3. The first kappa shape index (κ1) is 27.4. The van der Waals surface area contributed by atoms with E-state index in [0.29, 0.717) is 11.1 Å². The molecule has 7 aromatic carbocycles. The first-order chi connectivity index (χ1) is 23.7. The summed E-state index contributed by atoms with van der Waals surface area (Å²) in [5.74, 6) is 0. The first-order valence-electron chi connectivity index (χ1n) is 15.9. The van der Waals surface area contributed by atoms with Gasteiger partial charge >= 0.3 is 0 Å². The van der Waals surface area contributed by atoms with Crippen LogP contribution in [0.15, 0.2) is 158 Å². The third kappa shape index (κ3) is 4.22. The largest absolute Gasteiger partial charge is 0.309 e. The maximum atomic E-state index is 10.2. The molecule has 0 aliphatic rings. The molecule has 9 rings (SSSR count). The average Bonchev–Trinajstić information content (AvgIpc) is 3.67. The molecule has 0 N–H and O–H groups in total. The van der Waals surface area contributed by atoms with E-state index >= 15 is 0 Å². The van der Waals surface area contributed by atoms with E-state index in [-0.39, 0.29) is 0 Å². The molecular formula is C44H26N4. The Morgan fingerprint density at radius 2 is 0.958 bits per heavy atom. The molecule has 0 bridgehead atoms. The zero-order chi connectivity index (χ0) is 32.2. The van der Waals surface area contributed by atoms with Gasteiger partial charge in [-0.25, -0.2) is 0 Å². The summed E-state index contributed by atoms with van der Waals surface area (Å²) >= 11 is 0. The van der Waals surface area contributed by atoms with Crippen molar-refractivity contribution in [3.63, 3.8) is 0 Å². The second-order valence-electron chi connectivity index (χ2n) is 12.0. The smallest absolute Gasteiger partial charge is 0.0992 e. The Bertz CT molecular complexity index is 2760. The third-order valence-electron chi connectivity index (χ3n) is 9.34. The minimum atomic E-state index is 0.609. The van der Waals surface area contributed by atoms with E-state index in [1.807, 2.05) is 36.4 Å². The lowest BCUT2D eigenvalue weighted by Crippen LogP contribution is -1.97. The third-order valence-corrected chi connectivity index (χ3v) is 9.34. The molecule has 0 amide bonds. The van der Waals surface area contributed by atoms with Crippen molar-refractivity contribution in [1.29, 1.82) is 10.5 Å². The van der Waals surface area contributed by atoms with Crippen LogP contribution in [-0.2, 0) is 0 Å². The van der Waals surface area contributed by atoms with Crippen LogP contribution in [0.4, 0.5) is 0 Å². The van der Waals surface area contributed by atoms with Crippen molar-refractivity contribution < 1.29 is 0 Å². The Balaban J connectivity index is 1.23.